The fraction of sp³-hybridized carbons (Fsp3) is 0.250. The molecule has 0 saturated carbocycles. The van der Waals surface area contributed by atoms with Gasteiger partial charge in [0.15, 0.2) is 0 Å². The maximum absolute atomic E-state index is 13.8. The summed E-state index contributed by atoms with van der Waals surface area (Å²) < 4.78 is 15.4. The molecule has 2 N–H and O–H groups in total. The van der Waals surface area contributed by atoms with Gasteiger partial charge in [-0.05, 0) is 37.5 Å². The monoisotopic (exact) mass is 251 g/mol. The minimum Gasteiger partial charge on any atom is -0.382 e. The van der Waals surface area contributed by atoms with Gasteiger partial charge in [0, 0.05) is 16.3 Å². The summed E-state index contributed by atoms with van der Waals surface area (Å²) in [5, 5.41) is 4.58. The summed E-state index contributed by atoms with van der Waals surface area (Å²) in [5.41, 5.74) is 8.31. The highest BCUT2D eigenvalue weighted by molar-refractivity contribution is 6.30. The molecule has 0 atom stereocenters. The van der Waals surface area contributed by atoms with Gasteiger partial charge in [0.2, 0.25) is 0 Å². The van der Waals surface area contributed by atoms with Crippen molar-refractivity contribution in [1.29, 1.82) is 0 Å². The van der Waals surface area contributed by atoms with Crippen molar-refractivity contribution in [3.8, 4) is 5.69 Å². The SMILES string of the molecule is Nc1nn(-c2ccc(Cl)cc2F)c2c1CCC2. The van der Waals surface area contributed by atoms with Crippen LogP contribution >= 0.6 is 11.6 Å². The average Bonchev–Trinajstić information content (AvgIpc) is 2.84. The molecule has 0 aliphatic heterocycles. The Morgan fingerprint density at radius 1 is 1.35 bits per heavy atom. The number of nitrogen functional groups attached to an aromatic ring is 1. The molecule has 3 rings (SSSR count). The van der Waals surface area contributed by atoms with E-state index in [9.17, 15) is 4.39 Å². The first-order valence-corrected chi connectivity index (χ1v) is 5.86. The number of nitrogens with zero attached hydrogens (tertiary/aromatic N) is 2. The van der Waals surface area contributed by atoms with Crippen molar-refractivity contribution in [3.05, 3.63) is 40.3 Å². The van der Waals surface area contributed by atoms with E-state index in [2.05, 4.69) is 5.10 Å². The van der Waals surface area contributed by atoms with Crippen LogP contribution in [0.4, 0.5) is 10.2 Å². The molecule has 1 aliphatic carbocycles. The topological polar surface area (TPSA) is 43.8 Å². The minimum absolute atomic E-state index is 0.378. The zero-order chi connectivity index (χ0) is 12.0. The van der Waals surface area contributed by atoms with Crippen LogP contribution in [0.25, 0.3) is 5.69 Å². The van der Waals surface area contributed by atoms with Gasteiger partial charge < -0.3 is 5.73 Å². The second-order valence-corrected chi connectivity index (χ2v) is 4.61. The summed E-state index contributed by atoms with van der Waals surface area (Å²) >= 11 is 5.73. The standard InChI is InChI=1S/C12H11ClFN3/c13-7-4-5-11(9(14)6-7)17-10-3-1-2-8(10)12(15)16-17/h4-6H,1-3H2,(H2,15,16). The number of benzene rings is 1. The molecule has 17 heavy (non-hydrogen) atoms. The number of hydrogen-bond donors (Lipinski definition) is 1. The van der Waals surface area contributed by atoms with Crippen LogP contribution in [0.2, 0.25) is 5.02 Å². The largest absolute Gasteiger partial charge is 0.382 e. The molecule has 0 fully saturated rings. The molecule has 1 aromatic carbocycles. The number of halogens is 2. The molecule has 3 nitrogen and oxygen atoms in total. The van der Waals surface area contributed by atoms with Crippen LogP contribution in [-0.4, -0.2) is 9.78 Å². The van der Waals surface area contributed by atoms with Gasteiger partial charge in [-0.1, -0.05) is 11.6 Å². The van der Waals surface area contributed by atoms with Crippen molar-refractivity contribution >= 4 is 17.4 Å². The summed E-state index contributed by atoms with van der Waals surface area (Å²) in [6.45, 7) is 0. The fourth-order valence-electron chi connectivity index (χ4n) is 2.32. The first-order chi connectivity index (χ1) is 8.16. The number of anilines is 1. The molecule has 0 unspecified atom stereocenters. The van der Waals surface area contributed by atoms with Crippen LogP contribution in [-0.2, 0) is 12.8 Å². The summed E-state index contributed by atoms with van der Waals surface area (Å²) in [4.78, 5) is 0. The van der Waals surface area contributed by atoms with Crippen molar-refractivity contribution < 1.29 is 4.39 Å². The van der Waals surface area contributed by atoms with Gasteiger partial charge in [-0.2, -0.15) is 5.10 Å². The zero-order valence-electron chi connectivity index (χ0n) is 9.08. The maximum Gasteiger partial charge on any atom is 0.150 e. The number of aromatic nitrogens is 2. The van der Waals surface area contributed by atoms with E-state index in [1.807, 2.05) is 0 Å². The molecule has 1 aromatic heterocycles. The molecule has 1 heterocycles. The Labute approximate surface area is 103 Å². The van der Waals surface area contributed by atoms with Crippen molar-refractivity contribution in [2.45, 2.75) is 19.3 Å². The van der Waals surface area contributed by atoms with Crippen LogP contribution in [0.3, 0.4) is 0 Å². The predicted molar refractivity (Wildman–Crippen MR) is 65.0 cm³/mol. The second kappa shape index (κ2) is 3.74. The normalized spacial score (nSPS) is 14.0. The molecule has 0 saturated heterocycles. The lowest BCUT2D eigenvalue weighted by atomic mass is 10.2. The first-order valence-electron chi connectivity index (χ1n) is 5.48. The van der Waals surface area contributed by atoms with Crippen molar-refractivity contribution in [2.75, 3.05) is 5.73 Å². The summed E-state index contributed by atoms with van der Waals surface area (Å²) in [7, 11) is 0. The number of rotatable bonds is 1. The van der Waals surface area contributed by atoms with Gasteiger partial charge in [0.1, 0.15) is 17.3 Å². The molecular formula is C12H11ClFN3. The molecular weight excluding hydrogens is 241 g/mol. The van der Waals surface area contributed by atoms with Crippen molar-refractivity contribution in [3.63, 3.8) is 0 Å². The molecule has 5 heteroatoms. The number of nitrogens with two attached hydrogens (primary N) is 1. The molecule has 1 aliphatic rings. The van der Waals surface area contributed by atoms with Crippen LogP contribution in [0.1, 0.15) is 17.7 Å². The Kier molecular flexibility index (Phi) is 2.33. The maximum atomic E-state index is 13.8. The Hall–Kier alpha value is -1.55. The van der Waals surface area contributed by atoms with E-state index in [4.69, 9.17) is 17.3 Å². The quantitative estimate of drug-likeness (QED) is 0.847. The second-order valence-electron chi connectivity index (χ2n) is 4.17. The Balaban J connectivity index is 2.19. The molecule has 0 amide bonds. The van der Waals surface area contributed by atoms with E-state index in [1.165, 1.54) is 6.07 Å². The van der Waals surface area contributed by atoms with E-state index < -0.39 is 0 Å². The van der Waals surface area contributed by atoms with Crippen LogP contribution in [0, 0.1) is 5.82 Å². The highest BCUT2D eigenvalue weighted by Crippen LogP contribution is 2.30. The third-order valence-corrected chi connectivity index (χ3v) is 3.33. The Bertz CT molecular complexity index is 592. The lowest BCUT2D eigenvalue weighted by Gasteiger charge is -2.06. The first kappa shape index (κ1) is 10.6. The molecule has 0 spiro atoms. The predicted octanol–water partition coefficient (Wildman–Crippen LogP) is 2.74. The van der Waals surface area contributed by atoms with Gasteiger partial charge in [0.05, 0.1) is 0 Å². The molecule has 0 bridgehead atoms. The zero-order valence-corrected chi connectivity index (χ0v) is 9.84. The van der Waals surface area contributed by atoms with E-state index in [0.717, 1.165) is 30.5 Å². The van der Waals surface area contributed by atoms with Crippen LogP contribution in [0.15, 0.2) is 18.2 Å². The average molecular weight is 252 g/mol. The van der Waals surface area contributed by atoms with E-state index in [0.29, 0.717) is 16.5 Å². The number of hydrogen-bond acceptors (Lipinski definition) is 2. The van der Waals surface area contributed by atoms with Gasteiger partial charge in [-0.15, -0.1) is 0 Å². The van der Waals surface area contributed by atoms with Crippen molar-refractivity contribution in [1.82, 2.24) is 9.78 Å². The third-order valence-electron chi connectivity index (χ3n) is 3.10. The van der Waals surface area contributed by atoms with Gasteiger partial charge >= 0.3 is 0 Å². The Morgan fingerprint density at radius 2 is 2.18 bits per heavy atom. The van der Waals surface area contributed by atoms with E-state index in [-0.39, 0.29) is 5.82 Å². The Morgan fingerprint density at radius 3 is 2.94 bits per heavy atom. The smallest absolute Gasteiger partial charge is 0.150 e. The van der Waals surface area contributed by atoms with Gasteiger partial charge in [0.25, 0.3) is 0 Å². The van der Waals surface area contributed by atoms with E-state index in [1.54, 1.807) is 16.8 Å². The highest BCUT2D eigenvalue weighted by Gasteiger charge is 2.22. The van der Waals surface area contributed by atoms with Gasteiger partial charge in [-0.25, -0.2) is 9.07 Å². The van der Waals surface area contributed by atoms with Crippen LogP contribution < -0.4 is 5.73 Å². The fourth-order valence-corrected chi connectivity index (χ4v) is 2.48. The third kappa shape index (κ3) is 1.60. The van der Waals surface area contributed by atoms with Gasteiger partial charge in [-0.3, -0.25) is 0 Å². The lowest BCUT2D eigenvalue weighted by molar-refractivity contribution is 0.607. The minimum atomic E-state index is -0.380. The molecule has 0 radical (unpaired) electrons. The molecule has 88 valence electrons. The molecule has 2 aromatic rings. The lowest BCUT2D eigenvalue weighted by Crippen LogP contribution is -2.04. The summed E-state index contributed by atoms with van der Waals surface area (Å²) in [6, 6.07) is 4.57. The highest BCUT2D eigenvalue weighted by atomic mass is 35.5. The van der Waals surface area contributed by atoms with Crippen molar-refractivity contribution in [2.24, 2.45) is 0 Å². The number of fused-ring (bicyclic) bond motifs is 1. The van der Waals surface area contributed by atoms with Crippen LogP contribution in [0.5, 0.6) is 0 Å². The summed E-state index contributed by atoms with van der Waals surface area (Å²) in [6.07, 6.45) is 2.87. The summed E-state index contributed by atoms with van der Waals surface area (Å²) in [5.74, 6) is 0.126. The van der Waals surface area contributed by atoms with E-state index >= 15 is 0 Å².